The molecule has 0 aliphatic heterocycles. The average molecular weight is 172 g/mol. The van der Waals surface area contributed by atoms with Crippen molar-refractivity contribution in [2.24, 2.45) is 0 Å². The molecule has 0 atom stereocenters. The minimum absolute atomic E-state index is 0.208. The van der Waals surface area contributed by atoms with E-state index in [1.54, 1.807) is 0 Å². The maximum Gasteiger partial charge on any atom is 0.394 e. The molecule has 0 aromatic carbocycles. The summed E-state index contributed by atoms with van der Waals surface area (Å²) in [7, 11) is -4.67. The Labute approximate surface area is 58.3 Å². The molecule has 0 aromatic rings. The first-order valence-electron chi connectivity index (χ1n) is 1.99. The molecule has 0 fully saturated rings. The molecule has 0 radical (unpaired) electrons. The highest BCUT2D eigenvalue weighted by Crippen LogP contribution is 1.60. The first kappa shape index (κ1) is 12.2. The Balaban J connectivity index is 0. The van der Waals surface area contributed by atoms with Crippen LogP contribution in [-0.4, -0.2) is 29.4 Å². The van der Waals surface area contributed by atoms with Crippen LogP contribution < -0.4 is 0 Å². The molecular weight excluding hydrogens is 164 g/mol. The van der Waals surface area contributed by atoms with Crippen molar-refractivity contribution < 1.29 is 27.7 Å². The summed E-state index contributed by atoms with van der Waals surface area (Å²) in [5.41, 5.74) is 0. The Kier molecular flexibility index (Phi) is 8.13. The van der Waals surface area contributed by atoms with Crippen molar-refractivity contribution >= 4 is 10.4 Å². The summed E-state index contributed by atoms with van der Waals surface area (Å²) in [5, 5.41) is 7.50. The van der Waals surface area contributed by atoms with Crippen LogP contribution in [0, 0.1) is 0 Å². The zero-order chi connectivity index (χ0) is 8.62. The van der Waals surface area contributed by atoms with Gasteiger partial charge < -0.3 is 0 Å². The van der Waals surface area contributed by atoms with Gasteiger partial charge in [-0.2, -0.15) is 8.42 Å². The smallest absolute Gasteiger partial charge is 0.264 e. The van der Waals surface area contributed by atoms with Gasteiger partial charge in [0.05, 0.1) is 6.61 Å². The Morgan fingerprint density at radius 2 is 1.80 bits per heavy atom. The predicted octanol–water partition coefficient (Wildman–Crippen LogP) is 0.00920. The van der Waals surface area contributed by atoms with Crippen molar-refractivity contribution in [2.45, 2.75) is 0 Å². The molecule has 0 saturated heterocycles. The fourth-order valence-electron chi connectivity index (χ4n) is 0.0527. The Bertz CT molecular complexity index is 150. The molecule has 10 heavy (non-hydrogen) atoms. The minimum Gasteiger partial charge on any atom is -0.264 e. The molecule has 0 amide bonds. The first-order valence-corrected chi connectivity index (χ1v) is 3.38. The topological polar surface area (TPSA) is 104 Å². The highest BCUT2D eigenvalue weighted by molar-refractivity contribution is 7.79. The van der Waals surface area contributed by atoms with Crippen LogP contribution in [0.1, 0.15) is 0 Å². The molecule has 0 heterocycles. The van der Waals surface area contributed by atoms with Gasteiger partial charge in [0.15, 0.2) is 0 Å². The SMILES string of the molecule is C=CCOO.O=S(=O)(O)O. The van der Waals surface area contributed by atoms with Crippen LogP contribution in [-0.2, 0) is 15.3 Å². The molecule has 6 nitrogen and oxygen atoms in total. The average Bonchev–Trinajstić information content (AvgIpc) is 1.63. The monoisotopic (exact) mass is 172 g/mol. The van der Waals surface area contributed by atoms with E-state index in [1.807, 2.05) is 0 Å². The lowest BCUT2D eigenvalue weighted by molar-refractivity contribution is -0.231. The van der Waals surface area contributed by atoms with Gasteiger partial charge in [-0.3, -0.25) is 14.4 Å². The third-order valence-corrected chi connectivity index (χ3v) is 0.192. The van der Waals surface area contributed by atoms with Crippen LogP contribution >= 0.6 is 0 Å². The lowest BCUT2D eigenvalue weighted by Crippen LogP contribution is -1.89. The van der Waals surface area contributed by atoms with E-state index >= 15 is 0 Å². The van der Waals surface area contributed by atoms with Crippen LogP contribution in [0.4, 0.5) is 0 Å². The van der Waals surface area contributed by atoms with E-state index in [9.17, 15) is 0 Å². The first-order chi connectivity index (χ1) is 4.41. The largest absolute Gasteiger partial charge is 0.394 e. The fraction of sp³-hybridized carbons (Fsp3) is 0.333. The fourth-order valence-corrected chi connectivity index (χ4v) is 0.0527. The van der Waals surface area contributed by atoms with Gasteiger partial charge in [0, 0.05) is 0 Å². The summed E-state index contributed by atoms with van der Waals surface area (Å²) in [6, 6.07) is 0. The van der Waals surface area contributed by atoms with Crippen molar-refractivity contribution in [3.8, 4) is 0 Å². The maximum atomic E-state index is 8.74. The zero-order valence-electron chi connectivity index (χ0n) is 4.97. The van der Waals surface area contributed by atoms with Gasteiger partial charge in [-0.15, -0.1) is 6.58 Å². The van der Waals surface area contributed by atoms with E-state index in [4.69, 9.17) is 22.8 Å². The van der Waals surface area contributed by atoms with Crippen LogP contribution in [0.15, 0.2) is 12.7 Å². The zero-order valence-corrected chi connectivity index (χ0v) is 5.78. The summed E-state index contributed by atoms with van der Waals surface area (Å²) in [6.45, 7) is 3.47. The molecule has 0 unspecified atom stereocenters. The Morgan fingerprint density at radius 1 is 1.50 bits per heavy atom. The van der Waals surface area contributed by atoms with Crippen molar-refractivity contribution in [2.75, 3.05) is 6.61 Å². The number of hydrogen-bond donors (Lipinski definition) is 3. The molecule has 7 heteroatoms. The molecular formula is C3H8O6S. The van der Waals surface area contributed by atoms with E-state index in [0.29, 0.717) is 0 Å². The molecule has 0 spiro atoms. The van der Waals surface area contributed by atoms with Gasteiger partial charge in [-0.1, -0.05) is 6.08 Å². The Morgan fingerprint density at radius 3 is 1.80 bits per heavy atom. The van der Waals surface area contributed by atoms with Gasteiger partial charge in [0.2, 0.25) is 0 Å². The third-order valence-electron chi connectivity index (χ3n) is 0.192. The van der Waals surface area contributed by atoms with Gasteiger partial charge >= 0.3 is 10.4 Å². The Hall–Kier alpha value is -0.470. The summed E-state index contributed by atoms with van der Waals surface area (Å²) < 4.78 is 31.6. The van der Waals surface area contributed by atoms with E-state index in [0.717, 1.165) is 0 Å². The van der Waals surface area contributed by atoms with Crippen molar-refractivity contribution in [3.05, 3.63) is 12.7 Å². The highest BCUT2D eigenvalue weighted by Gasteiger charge is 1.84. The molecule has 3 N–H and O–H groups in total. The standard InChI is InChI=1S/C3H6O2.H2O4S/c1-2-3-5-4;1-5(2,3)4/h2,4H,1,3H2;(H2,1,2,3,4). The van der Waals surface area contributed by atoms with Crippen molar-refractivity contribution in [3.63, 3.8) is 0 Å². The normalized spacial score (nSPS) is 9.50. The lowest BCUT2D eigenvalue weighted by atomic mass is 10.7. The molecule has 0 saturated carbocycles. The van der Waals surface area contributed by atoms with E-state index < -0.39 is 10.4 Å². The molecule has 0 bridgehead atoms. The highest BCUT2D eigenvalue weighted by atomic mass is 32.3. The summed E-state index contributed by atoms with van der Waals surface area (Å²) in [5.74, 6) is 0. The van der Waals surface area contributed by atoms with Crippen molar-refractivity contribution in [1.29, 1.82) is 0 Å². The molecule has 62 valence electrons. The van der Waals surface area contributed by atoms with Crippen molar-refractivity contribution in [1.82, 2.24) is 0 Å². The second-order valence-electron chi connectivity index (χ2n) is 1.03. The third kappa shape index (κ3) is 137. The maximum absolute atomic E-state index is 8.74. The molecule has 0 rings (SSSR count). The van der Waals surface area contributed by atoms with E-state index in [1.165, 1.54) is 6.08 Å². The van der Waals surface area contributed by atoms with Crippen LogP contribution in [0.2, 0.25) is 0 Å². The molecule has 0 aliphatic rings. The van der Waals surface area contributed by atoms with E-state index in [-0.39, 0.29) is 6.61 Å². The number of hydrogen-bond acceptors (Lipinski definition) is 4. The van der Waals surface area contributed by atoms with Crippen LogP contribution in [0.5, 0.6) is 0 Å². The van der Waals surface area contributed by atoms with Gasteiger partial charge in [0.1, 0.15) is 0 Å². The van der Waals surface area contributed by atoms with Crippen LogP contribution in [0.3, 0.4) is 0 Å². The second-order valence-corrected chi connectivity index (χ2v) is 1.93. The molecule has 0 aliphatic carbocycles. The number of rotatable bonds is 2. The summed E-state index contributed by atoms with van der Waals surface area (Å²) in [4.78, 5) is 3.57. The van der Waals surface area contributed by atoms with Crippen LogP contribution in [0.25, 0.3) is 0 Å². The molecule has 0 aromatic heterocycles. The predicted molar refractivity (Wildman–Crippen MR) is 33.0 cm³/mol. The van der Waals surface area contributed by atoms with Gasteiger partial charge in [-0.05, 0) is 0 Å². The quantitative estimate of drug-likeness (QED) is 0.234. The summed E-state index contributed by atoms with van der Waals surface area (Å²) in [6.07, 6.45) is 1.46. The van der Waals surface area contributed by atoms with Gasteiger partial charge in [0.25, 0.3) is 0 Å². The minimum atomic E-state index is -4.67. The lowest BCUT2D eigenvalue weighted by Gasteiger charge is -1.76. The summed E-state index contributed by atoms with van der Waals surface area (Å²) >= 11 is 0. The van der Waals surface area contributed by atoms with Gasteiger partial charge in [-0.25, -0.2) is 4.89 Å². The second kappa shape index (κ2) is 6.65. The van der Waals surface area contributed by atoms with E-state index in [2.05, 4.69) is 11.5 Å².